The van der Waals surface area contributed by atoms with E-state index in [1.807, 2.05) is 12.1 Å². The zero-order valence-electron chi connectivity index (χ0n) is 17.9. The first-order valence-corrected chi connectivity index (χ1v) is 11.4. The molecule has 5 heteroatoms. The van der Waals surface area contributed by atoms with E-state index >= 15 is 0 Å². The smallest absolute Gasteiger partial charge is 0.403 e. The zero-order valence-corrected chi connectivity index (χ0v) is 17.9. The van der Waals surface area contributed by atoms with Gasteiger partial charge in [-0.1, -0.05) is 50.1 Å². The van der Waals surface area contributed by atoms with Gasteiger partial charge >= 0.3 is 6.36 Å². The highest BCUT2D eigenvalue weighted by molar-refractivity contribution is 5.64. The third-order valence-corrected chi connectivity index (χ3v) is 7.37. The molecule has 2 aromatic carbocycles. The SMILES string of the molecule is CC1CCC(C2CCC(c3ccc(-c4ccc(OC(F)(F)F)c(F)c4)cc3)CC2)CC1. The number of alkyl halides is 3. The van der Waals surface area contributed by atoms with Crippen LogP contribution in [0.25, 0.3) is 11.1 Å². The molecule has 0 aliphatic heterocycles. The first-order valence-electron chi connectivity index (χ1n) is 11.4. The molecule has 2 fully saturated rings. The minimum absolute atomic E-state index is 0.536. The molecule has 0 saturated heterocycles. The Balaban J connectivity index is 1.36. The summed E-state index contributed by atoms with van der Waals surface area (Å²) in [6, 6.07) is 11.6. The molecule has 0 bridgehead atoms. The normalized spacial score (nSPS) is 27.1. The molecule has 31 heavy (non-hydrogen) atoms. The standard InChI is InChI=1S/C26H30F4O/c1-17-2-4-18(5-3-17)19-6-8-20(9-7-19)21-10-12-22(13-11-21)23-14-15-25(24(27)16-23)31-26(28,29)30/h10-20H,2-9H2,1H3. The van der Waals surface area contributed by atoms with Gasteiger partial charge in [0.25, 0.3) is 0 Å². The van der Waals surface area contributed by atoms with Crippen LogP contribution in [0.1, 0.15) is 69.8 Å². The lowest BCUT2D eigenvalue weighted by molar-refractivity contribution is -0.275. The molecule has 0 spiro atoms. The fraction of sp³-hybridized carbons (Fsp3) is 0.538. The lowest BCUT2D eigenvalue weighted by Gasteiger charge is -2.37. The molecule has 168 valence electrons. The first kappa shape index (κ1) is 22.2. The van der Waals surface area contributed by atoms with Gasteiger partial charge in [-0.2, -0.15) is 0 Å². The van der Waals surface area contributed by atoms with Crippen LogP contribution in [0.5, 0.6) is 5.75 Å². The predicted octanol–water partition coefficient (Wildman–Crippen LogP) is 8.49. The number of halogens is 4. The van der Waals surface area contributed by atoms with Gasteiger partial charge in [-0.3, -0.25) is 0 Å². The Morgan fingerprint density at radius 2 is 1.29 bits per heavy atom. The summed E-state index contributed by atoms with van der Waals surface area (Å²) in [7, 11) is 0. The van der Waals surface area contributed by atoms with Gasteiger partial charge in [-0.15, -0.1) is 13.2 Å². The van der Waals surface area contributed by atoms with Crippen LogP contribution in [0.15, 0.2) is 42.5 Å². The van der Waals surface area contributed by atoms with E-state index in [1.54, 1.807) is 0 Å². The second-order valence-corrected chi connectivity index (χ2v) is 9.45. The molecule has 0 atom stereocenters. The number of hydrogen-bond donors (Lipinski definition) is 0. The highest BCUT2D eigenvalue weighted by atomic mass is 19.4. The van der Waals surface area contributed by atoms with Crippen LogP contribution in [-0.4, -0.2) is 6.36 Å². The van der Waals surface area contributed by atoms with Gasteiger partial charge in [0.15, 0.2) is 11.6 Å². The quantitative estimate of drug-likeness (QED) is 0.438. The van der Waals surface area contributed by atoms with E-state index < -0.39 is 17.9 Å². The molecule has 2 aliphatic carbocycles. The summed E-state index contributed by atoms with van der Waals surface area (Å²) >= 11 is 0. The summed E-state index contributed by atoms with van der Waals surface area (Å²) in [4.78, 5) is 0. The van der Waals surface area contributed by atoms with Crippen LogP contribution in [0.2, 0.25) is 0 Å². The van der Waals surface area contributed by atoms with Gasteiger partial charge < -0.3 is 4.74 Å². The van der Waals surface area contributed by atoms with Gasteiger partial charge in [0.2, 0.25) is 0 Å². The largest absolute Gasteiger partial charge is 0.573 e. The summed E-state index contributed by atoms with van der Waals surface area (Å²) in [5.41, 5.74) is 2.62. The average molecular weight is 435 g/mol. The lowest BCUT2D eigenvalue weighted by atomic mass is 9.68. The Labute approximate surface area is 181 Å². The second kappa shape index (κ2) is 9.22. The monoisotopic (exact) mass is 434 g/mol. The minimum Gasteiger partial charge on any atom is -0.403 e. The van der Waals surface area contributed by atoms with E-state index in [-0.39, 0.29) is 0 Å². The molecule has 0 radical (unpaired) electrons. The first-order chi connectivity index (χ1) is 14.8. The van der Waals surface area contributed by atoms with E-state index in [0.29, 0.717) is 11.5 Å². The van der Waals surface area contributed by atoms with E-state index in [1.165, 1.54) is 63.0 Å². The topological polar surface area (TPSA) is 9.23 Å². The van der Waals surface area contributed by atoms with Crippen LogP contribution >= 0.6 is 0 Å². The summed E-state index contributed by atoms with van der Waals surface area (Å²) in [5, 5.41) is 0. The highest BCUT2D eigenvalue weighted by Crippen LogP contribution is 2.44. The highest BCUT2D eigenvalue weighted by Gasteiger charge is 2.32. The number of hydrogen-bond acceptors (Lipinski definition) is 1. The van der Waals surface area contributed by atoms with Crippen molar-refractivity contribution in [3.8, 4) is 16.9 Å². The van der Waals surface area contributed by atoms with Crippen LogP contribution in [0.4, 0.5) is 17.6 Å². The maximum Gasteiger partial charge on any atom is 0.573 e. The molecule has 2 aliphatic rings. The van der Waals surface area contributed by atoms with Crippen LogP contribution in [0.3, 0.4) is 0 Å². The number of benzene rings is 2. The van der Waals surface area contributed by atoms with Gasteiger partial charge in [0.1, 0.15) is 0 Å². The predicted molar refractivity (Wildman–Crippen MR) is 114 cm³/mol. The Morgan fingerprint density at radius 1 is 0.742 bits per heavy atom. The molecule has 0 amide bonds. The van der Waals surface area contributed by atoms with Crippen molar-refractivity contribution in [3.05, 3.63) is 53.8 Å². The average Bonchev–Trinajstić information content (AvgIpc) is 2.75. The van der Waals surface area contributed by atoms with E-state index in [4.69, 9.17) is 0 Å². The maximum absolute atomic E-state index is 14.0. The zero-order chi connectivity index (χ0) is 22.0. The summed E-state index contributed by atoms with van der Waals surface area (Å²) in [6.07, 6.45) is 5.70. The van der Waals surface area contributed by atoms with Crippen molar-refractivity contribution >= 4 is 0 Å². The van der Waals surface area contributed by atoms with Crippen molar-refractivity contribution in [2.24, 2.45) is 17.8 Å². The Kier molecular flexibility index (Phi) is 6.59. The van der Waals surface area contributed by atoms with Gasteiger partial charge in [-0.05, 0) is 91.0 Å². The number of ether oxygens (including phenoxy) is 1. The van der Waals surface area contributed by atoms with Crippen molar-refractivity contribution in [2.75, 3.05) is 0 Å². The van der Waals surface area contributed by atoms with Gasteiger partial charge in [0.05, 0.1) is 0 Å². The molecule has 0 N–H and O–H groups in total. The van der Waals surface area contributed by atoms with Crippen LogP contribution in [0, 0.1) is 23.6 Å². The third kappa shape index (κ3) is 5.61. The molecule has 1 nitrogen and oxygen atoms in total. The van der Waals surface area contributed by atoms with Crippen molar-refractivity contribution in [1.29, 1.82) is 0 Å². The Bertz CT molecular complexity index is 858. The fourth-order valence-corrected chi connectivity index (χ4v) is 5.52. The lowest BCUT2D eigenvalue weighted by Crippen LogP contribution is -2.24. The maximum atomic E-state index is 14.0. The molecule has 2 saturated carbocycles. The number of rotatable bonds is 4. The van der Waals surface area contributed by atoms with Crippen molar-refractivity contribution in [3.63, 3.8) is 0 Å². The molecular weight excluding hydrogens is 404 g/mol. The molecule has 0 heterocycles. The summed E-state index contributed by atoms with van der Waals surface area (Å²) in [6.45, 7) is 2.37. The molecular formula is C26H30F4O. The molecule has 2 aromatic rings. The minimum atomic E-state index is -4.90. The van der Waals surface area contributed by atoms with Gasteiger partial charge in [-0.25, -0.2) is 4.39 Å². The van der Waals surface area contributed by atoms with Gasteiger partial charge in [0, 0.05) is 0 Å². The molecule has 4 rings (SSSR count). The van der Waals surface area contributed by atoms with Crippen molar-refractivity contribution in [1.82, 2.24) is 0 Å². The van der Waals surface area contributed by atoms with Crippen molar-refractivity contribution < 1.29 is 22.3 Å². The summed E-state index contributed by atoms with van der Waals surface area (Å²) < 4.78 is 54.7. The van der Waals surface area contributed by atoms with E-state index in [0.717, 1.165) is 35.4 Å². The molecule has 0 aromatic heterocycles. The van der Waals surface area contributed by atoms with E-state index in [9.17, 15) is 17.6 Å². The van der Waals surface area contributed by atoms with E-state index in [2.05, 4.69) is 23.8 Å². The third-order valence-electron chi connectivity index (χ3n) is 7.37. The van der Waals surface area contributed by atoms with Crippen LogP contribution in [-0.2, 0) is 0 Å². The molecule has 0 unspecified atom stereocenters. The Hall–Kier alpha value is -2.04. The fourth-order valence-electron chi connectivity index (χ4n) is 5.52. The van der Waals surface area contributed by atoms with Crippen LogP contribution < -0.4 is 4.74 Å². The Morgan fingerprint density at radius 3 is 1.84 bits per heavy atom. The van der Waals surface area contributed by atoms with Crippen molar-refractivity contribution in [2.45, 2.75) is 70.6 Å². The second-order valence-electron chi connectivity index (χ2n) is 9.45. The summed E-state index contributed by atoms with van der Waals surface area (Å²) in [5.74, 6) is 1.42.